The molecule has 1 saturated heterocycles. The lowest BCUT2D eigenvalue weighted by Crippen LogP contribution is -2.46. The Kier molecular flexibility index (Phi) is 9.43. The quantitative estimate of drug-likeness (QED) is 0.195. The number of alkyl carbamates (subject to hydrolysis) is 1. The number of allylic oxidation sites excluding steroid dienone is 1. The van der Waals surface area contributed by atoms with Crippen molar-refractivity contribution in [3.8, 4) is 0 Å². The Morgan fingerprint density at radius 2 is 1.48 bits per heavy atom. The van der Waals surface area contributed by atoms with Crippen LogP contribution in [0.25, 0.3) is 0 Å². The summed E-state index contributed by atoms with van der Waals surface area (Å²) in [6.45, 7) is 4.33. The highest BCUT2D eigenvalue weighted by atomic mass is 16.6. The molecule has 9 nitrogen and oxygen atoms in total. The summed E-state index contributed by atoms with van der Waals surface area (Å²) in [7, 11) is 0. The number of anilines is 1. The summed E-state index contributed by atoms with van der Waals surface area (Å²) in [6, 6.07) is 24.7. The van der Waals surface area contributed by atoms with Gasteiger partial charge in [-0.1, -0.05) is 86.7 Å². The van der Waals surface area contributed by atoms with E-state index in [0.29, 0.717) is 30.6 Å². The SMILES string of the molecule is CC1(C)CN(c2ccc(C(=O)OCc3ccccc3)cc2)C(=O)[C@@H]1OC(=O)[C@@H]1CCC=C[C@@H]1NC(=O)OCc1ccccc1. The Bertz CT molecular complexity index is 1500. The van der Waals surface area contributed by atoms with Crippen molar-refractivity contribution in [2.24, 2.45) is 11.3 Å². The molecule has 1 heterocycles. The zero-order chi connectivity index (χ0) is 31.1. The summed E-state index contributed by atoms with van der Waals surface area (Å²) >= 11 is 0. The van der Waals surface area contributed by atoms with Gasteiger partial charge in [-0.05, 0) is 48.2 Å². The van der Waals surface area contributed by atoms with Crippen LogP contribution in [0.4, 0.5) is 10.5 Å². The normalized spacial score (nSPS) is 20.5. The molecule has 1 fully saturated rings. The second-order valence-electron chi connectivity index (χ2n) is 11.7. The lowest BCUT2D eigenvalue weighted by molar-refractivity contribution is -0.163. The Balaban J connectivity index is 1.18. The molecular formula is C35H36N2O7. The first kappa shape index (κ1) is 30.5. The number of rotatable bonds is 9. The summed E-state index contributed by atoms with van der Waals surface area (Å²) in [6.07, 6.45) is 3.12. The zero-order valence-corrected chi connectivity index (χ0v) is 24.8. The second kappa shape index (κ2) is 13.6. The largest absolute Gasteiger partial charge is 0.457 e. The molecule has 0 spiro atoms. The van der Waals surface area contributed by atoms with Crippen molar-refractivity contribution < 1.29 is 33.4 Å². The third-order valence-electron chi connectivity index (χ3n) is 7.85. The number of hydrogen-bond acceptors (Lipinski definition) is 7. The van der Waals surface area contributed by atoms with Crippen molar-refractivity contribution in [3.05, 3.63) is 114 Å². The van der Waals surface area contributed by atoms with E-state index >= 15 is 0 Å². The van der Waals surface area contributed by atoms with Gasteiger partial charge in [0.15, 0.2) is 6.10 Å². The number of nitrogens with zero attached hydrogens (tertiary/aromatic N) is 1. The molecule has 2 amide bonds. The predicted molar refractivity (Wildman–Crippen MR) is 163 cm³/mol. The summed E-state index contributed by atoms with van der Waals surface area (Å²) < 4.78 is 16.6. The lowest BCUT2D eigenvalue weighted by Gasteiger charge is -2.30. The second-order valence-corrected chi connectivity index (χ2v) is 11.7. The average molecular weight is 597 g/mol. The highest BCUT2D eigenvalue weighted by Crippen LogP contribution is 2.37. The number of carbonyl (C=O) groups is 4. The Hall–Kier alpha value is -4.92. The van der Waals surface area contributed by atoms with Crippen LogP contribution in [0.15, 0.2) is 97.1 Å². The van der Waals surface area contributed by atoms with Crippen LogP contribution in [-0.2, 0) is 37.0 Å². The fourth-order valence-electron chi connectivity index (χ4n) is 5.41. The van der Waals surface area contributed by atoms with E-state index in [4.69, 9.17) is 14.2 Å². The third kappa shape index (κ3) is 7.34. The first-order valence-corrected chi connectivity index (χ1v) is 14.7. The van der Waals surface area contributed by atoms with E-state index in [1.807, 2.05) is 80.6 Å². The predicted octanol–water partition coefficient (Wildman–Crippen LogP) is 5.59. The van der Waals surface area contributed by atoms with E-state index in [9.17, 15) is 19.2 Å². The summed E-state index contributed by atoms with van der Waals surface area (Å²) in [4.78, 5) is 53.6. The molecule has 0 radical (unpaired) electrons. The van der Waals surface area contributed by atoms with Gasteiger partial charge in [0, 0.05) is 17.6 Å². The topological polar surface area (TPSA) is 111 Å². The van der Waals surface area contributed by atoms with Gasteiger partial charge in [-0.25, -0.2) is 9.59 Å². The minimum absolute atomic E-state index is 0.106. The van der Waals surface area contributed by atoms with Crippen LogP contribution in [0.2, 0.25) is 0 Å². The maximum Gasteiger partial charge on any atom is 0.407 e. The van der Waals surface area contributed by atoms with Gasteiger partial charge in [-0.15, -0.1) is 0 Å². The molecule has 2 aliphatic rings. The van der Waals surface area contributed by atoms with Crippen LogP contribution >= 0.6 is 0 Å². The monoisotopic (exact) mass is 596 g/mol. The van der Waals surface area contributed by atoms with Gasteiger partial charge in [0.05, 0.1) is 17.5 Å². The molecule has 1 aliphatic carbocycles. The number of benzene rings is 3. The molecule has 0 aromatic heterocycles. The highest BCUT2D eigenvalue weighted by Gasteiger charge is 2.50. The van der Waals surface area contributed by atoms with E-state index in [-0.39, 0.29) is 19.1 Å². The summed E-state index contributed by atoms with van der Waals surface area (Å²) in [5, 5.41) is 2.76. The van der Waals surface area contributed by atoms with E-state index in [1.165, 1.54) is 0 Å². The molecule has 5 rings (SSSR count). The average Bonchev–Trinajstić information content (AvgIpc) is 3.27. The van der Waals surface area contributed by atoms with Gasteiger partial charge in [0.1, 0.15) is 13.2 Å². The number of amides is 2. The standard InChI is InChI=1S/C35H36N2O7/c1-35(2)23-37(27-19-17-26(18-20-27)32(39)42-21-24-11-5-3-6-12-24)31(38)30(35)44-33(40)28-15-9-10-16-29(28)36-34(41)43-22-25-13-7-4-8-14-25/h3-8,10-14,16-20,28-30H,9,15,21-23H2,1-2H3,(H,36,41)/t28-,29+,30+/m1/s1. The molecule has 228 valence electrons. The van der Waals surface area contributed by atoms with Gasteiger partial charge < -0.3 is 24.4 Å². The van der Waals surface area contributed by atoms with Crippen LogP contribution in [0.5, 0.6) is 0 Å². The van der Waals surface area contributed by atoms with Crippen LogP contribution in [0, 0.1) is 11.3 Å². The van der Waals surface area contributed by atoms with E-state index < -0.39 is 41.5 Å². The van der Waals surface area contributed by atoms with E-state index in [1.54, 1.807) is 35.2 Å². The van der Waals surface area contributed by atoms with Crippen LogP contribution < -0.4 is 10.2 Å². The fourth-order valence-corrected chi connectivity index (χ4v) is 5.41. The summed E-state index contributed by atoms with van der Waals surface area (Å²) in [5.41, 5.74) is 2.01. The van der Waals surface area contributed by atoms with Crippen molar-refractivity contribution in [2.75, 3.05) is 11.4 Å². The smallest absolute Gasteiger partial charge is 0.407 e. The molecule has 0 saturated carbocycles. The first-order valence-electron chi connectivity index (χ1n) is 14.7. The third-order valence-corrected chi connectivity index (χ3v) is 7.85. The molecule has 3 aromatic rings. The Labute approximate surface area is 256 Å². The first-order chi connectivity index (χ1) is 21.2. The Morgan fingerprint density at radius 1 is 0.864 bits per heavy atom. The van der Waals surface area contributed by atoms with Gasteiger partial charge in [-0.3, -0.25) is 9.59 Å². The van der Waals surface area contributed by atoms with Gasteiger partial charge >= 0.3 is 18.0 Å². The number of nitrogens with one attached hydrogen (secondary N) is 1. The van der Waals surface area contributed by atoms with Gasteiger partial charge in [0.2, 0.25) is 0 Å². The van der Waals surface area contributed by atoms with Crippen LogP contribution in [0.1, 0.15) is 48.2 Å². The molecule has 9 heteroatoms. The molecule has 1 aliphatic heterocycles. The number of esters is 2. The molecule has 0 unspecified atom stereocenters. The molecular weight excluding hydrogens is 560 g/mol. The maximum absolute atomic E-state index is 13.6. The van der Waals surface area contributed by atoms with Crippen molar-refractivity contribution >= 4 is 29.6 Å². The minimum atomic E-state index is -1.01. The maximum atomic E-state index is 13.6. The number of ether oxygens (including phenoxy) is 3. The van der Waals surface area contributed by atoms with E-state index in [2.05, 4.69) is 5.32 Å². The molecule has 1 N–H and O–H groups in total. The number of hydrogen-bond donors (Lipinski definition) is 1. The van der Waals surface area contributed by atoms with Crippen LogP contribution in [0.3, 0.4) is 0 Å². The molecule has 3 aromatic carbocycles. The van der Waals surface area contributed by atoms with Crippen molar-refractivity contribution in [1.82, 2.24) is 5.32 Å². The molecule has 3 atom stereocenters. The number of carbonyl (C=O) groups excluding carboxylic acids is 4. The highest BCUT2D eigenvalue weighted by molar-refractivity contribution is 6.01. The molecule has 0 bridgehead atoms. The van der Waals surface area contributed by atoms with Crippen molar-refractivity contribution in [2.45, 2.75) is 52.0 Å². The minimum Gasteiger partial charge on any atom is -0.457 e. The zero-order valence-electron chi connectivity index (χ0n) is 24.8. The van der Waals surface area contributed by atoms with E-state index in [0.717, 1.165) is 11.1 Å². The molecule has 44 heavy (non-hydrogen) atoms. The van der Waals surface area contributed by atoms with Gasteiger partial charge in [-0.2, -0.15) is 0 Å². The van der Waals surface area contributed by atoms with Crippen LogP contribution in [-0.4, -0.2) is 42.6 Å². The van der Waals surface area contributed by atoms with Crippen molar-refractivity contribution in [1.29, 1.82) is 0 Å². The fraction of sp³-hybridized carbons (Fsp3) is 0.314. The summed E-state index contributed by atoms with van der Waals surface area (Å²) in [5.74, 6) is -2.02. The Morgan fingerprint density at radius 3 is 2.11 bits per heavy atom. The lowest BCUT2D eigenvalue weighted by atomic mass is 9.87. The van der Waals surface area contributed by atoms with Crippen molar-refractivity contribution in [3.63, 3.8) is 0 Å². The van der Waals surface area contributed by atoms with Gasteiger partial charge in [0.25, 0.3) is 5.91 Å².